The fourth-order valence-electron chi connectivity index (χ4n) is 3.12. The molecule has 6 nitrogen and oxygen atoms in total. The third-order valence-electron chi connectivity index (χ3n) is 4.20. The molecule has 25 heavy (non-hydrogen) atoms. The van der Waals surface area contributed by atoms with E-state index >= 15 is 0 Å². The molecule has 2 atom stereocenters. The molecule has 0 aliphatic heterocycles. The van der Waals surface area contributed by atoms with Crippen molar-refractivity contribution in [3.05, 3.63) is 53.0 Å². The second-order valence-electron chi connectivity index (χ2n) is 6.02. The molecule has 0 spiro atoms. The molecule has 1 aliphatic carbocycles. The molecule has 9 heteroatoms. The molecule has 0 bridgehead atoms. The van der Waals surface area contributed by atoms with Gasteiger partial charge in [0.25, 0.3) is 11.6 Å². The van der Waals surface area contributed by atoms with Crippen LogP contribution in [0.2, 0.25) is 0 Å². The zero-order chi connectivity index (χ0) is 17.8. The first-order valence-corrected chi connectivity index (χ1v) is 7.67. The maximum absolute atomic E-state index is 12.9. The van der Waals surface area contributed by atoms with Crippen molar-refractivity contribution in [3.63, 3.8) is 0 Å². The molecule has 2 N–H and O–H groups in total. The topological polar surface area (TPSA) is 75.3 Å². The molecule has 0 fully saturated rings. The third kappa shape index (κ3) is 2.70. The number of rotatable bonds is 2. The lowest BCUT2D eigenvalue weighted by molar-refractivity contribution is -0.144. The number of anilines is 1. The standard InChI is InChI=1S/C16H14F3N5O/c1-8-6-12(24-15(20-8)22-14(23-24)16(17,18)19)21-13-10-5-3-2-4-9(10)7-11(13)25/h2-6,11,13,21,25H,7H2,1H3/t11-,13+/m1/s1. The average Bonchev–Trinajstić information content (AvgIpc) is 3.09. The Kier molecular flexibility index (Phi) is 3.43. The Hall–Kier alpha value is -2.68. The predicted molar refractivity (Wildman–Crippen MR) is 83.0 cm³/mol. The highest BCUT2D eigenvalue weighted by atomic mass is 19.4. The molecule has 130 valence electrons. The fraction of sp³-hybridized carbons (Fsp3) is 0.312. The number of aliphatic hydroxyl groups is 1. The number of benzene rings is 1. The van der Waals surface area contributed by atoms with Crippen LogP contribution in [-0.2, 0) is 12.6 Å². The molecule has 3 aromatic rings. The van der Waals surface area contributed by atoms with Gasteiger partial charge in [-0.2, -0.15) is 22.7 Å². The lowest BCUT2D eigenvalue weighted by Gasteiger charge is -2.19. The number of hydrogen-bond donors (Lipinski definition) is 2. The van der Waals surface area contributed by atoms with Gasteiger partial charge in [-0.1, -0.05) is 24.3 Å². The van der Waals surface area contributed by atoms with Crippen LogP contribution in [0, 0.1) is 6.92 Å². The van der Waals surface area contributed by atoms with Crippen LogP contribution in [-0.4, -0.2) is 30.8 Å². The van der Waals surface area contributed by atoms with Crippen LogP contribution in [0.1, 0.15) is 28.7 Å². The number of aryl methyl sites for hydroxylation is 1. The summed E-state index contributed by atoms with van der Waals surface area (Å²) in [6.07, 6.45) is -4.86. The van der Waals surface area contributed by atoms with Gasteiger partial charge in [-0.05, 0) is 18.1 Å². The summed E-state index contributed by atoms with van der Waals surface area (Å²) in [5.41, 5.74) is 2.41. The molecule has 0 radical (unpaired) electrons. The molecule has 0 amide bonds. The van der Waals surface area contributed by atoms with Gasteiger partial charge in [-0.3, -0.25) is 0 Å². The van der Waals surface area contributed by atoms with Crippen molar-refractivity contribution in [2.45, 2.75) is 31.7 Å². The minimum atomic E-state index is -4.65. The third-order valence-corrected chi connectivity index (χ3v) is 4.20. The second-order valence-corrected chi connectivity index (χ2v) is 6.02. The lowest BCUT2D eigenvalue weighted by atomic mass is 10.1. The van der Waals surface area contributed by atoms with Crippen LogP contribution < -0.4 is 5.32 Å². The van der Waals surface area contributed by atoms with Crippen molar-refractivity contribution in [3.8, 4) is 0 Å². The molecular weight excluding hydrogens is 335 g/mol. The van der Waals surface area contributed by atoms with E-state index in [4.69, 9.17) is 0 Å². The van der Waals surface area contributed by atoms with E-state index in [-0.39, 0.29) is 5.78 Å². The largest absolute Gasteiger partial charge is 0.453 e. The number of nitrogens with zero attached hydrogens (tertiary/aromatic N) is 4. The molecule has 2 heterocycles. The highest BCUT2D eigenvalue weighted by Gasteiger charge is 2.37. The minimum absolute atomic E-state index is 0.143. The number of alkyl halides is 3. The number of aliphatic hydroxyl groups excluding tert-OH is 1. The van der Waals surface area contributed by atoms with E-state index in [1.54, 1.807) is 13.0 Å². The van der Waals surface area contributed by atoms with Crippen LogP contribution in [0.15, 0.2) is 30.3 Å². The van der Waals surface area contributed by atoms with Crippen LogP contribution in [0.5, 0.6) is 0 Å². The summed E-state index contributed by atoms with van der Waals surface area (Å²) in [5.74, 6) is -1.09. The molecule has 0 saturated heterocycles. The van der Waals surface area contributed by atoms with Crippen LogP contribution in [0.25, 0.3) is 5.78 Å². The van der Waals surface area contributed by atoms with Gasteiger partial charge in [-0.25, -0.2) is 4.98 Å². The van der Waals surface area contributed by atoms with E-state index in [0.29, 0.717) is 17.9 Å². The van der Waals surface area contributed by atoms with Crippen molar-refractivity contribution in [1.29, 1.82) is 0 Å². The van der Waals surface area contributed by atoms with Gasteiger partial charge in [0.15, 0.2) is 0 Å². The number of hydrogen-bond acceptors (Lipinski definition) is 5. The Morgan fingerprint density at radius 3 is 2.76 bits per heavy atom. The van der Waals surface area contributed by atoms with Gasteiger partial charge < -0.3 is 10.4 Å². The van der Waals surface area contributed by atoms with E-state index in [0.717, 1.165) is 15.6 Å². The zero-order valence-electron chi connectivity index (χ0n) is 13.1. The first kappa shape index (κ1) is 15.8. The quantitative estimate of drug-likeness (QED) is 0.744. The maximum atomic E-state index is 12.9. The molecule has 1 aliphatic rings. The minimum Gasteiger partial charge on any atom is -0.390 e. The van der Waals surface area contributed by atoms with Crippen molar-refractivity contribution in [1.82, 2.24) is 19.6 Å². The molecule has 4 rings (SSSR count). The second kappa shape index (κ2) is 5.41. The van der Waals surface area contributed by atoms with E-state index in [1.165, 1.54) is 0 Å². The number of nitrogens with one attached hydrogen (secondary N) is 1. The Bertz CT molecular complexity index is 953. The average molecular weight is 349 g/mol. The molecular formula is C16H14F3N5O. The zero-order valence-corrected chi connectivity index (χ0v) is 13.1. The molecule has 0 unspecified atom stereocenters. The Morgan fingerprint density at radius 2 is 2.00 bits per heavy atom. The van der Waals surface area contributed by atoms with Gasteiger partial charge in [0.1, 0.15) is 5.82 Å². The number of fused-ring (bicyclic) bond motifs is 2. The Labute approximate surface area is 140 Å². The highest BCUT2D eigenvalue weighted by molar-refractivity contribution is 5.50. The van der Waals surface area contributed by atoms with Crippen molar-refractivity contribution < 1.29 is 18.3 Å². The summed E-state index contributed by atoms with van der Waals surface area (Å²) in [4.78, 5) is 7.45. The molecule has 0 saturated carbocycles. The number of aromatic nitrogens is 4. The first-order chi connectivity index (χ1) is 11.8. The van der Waals surface area contributed by atoms with E-state index < -0.39 is 24.1 Å². The van der Waals surface area contributed by atoms with Gasteiger partial charge in [-0.15, -0.1) is 5.10 Å². The summed E-state index contributed by atoms with van der Waals surface area (Å²) in [6.45, 7) is 1.66. The van der Waals surface area contributed by atoms with E-state index in [2.05, 4.69) is 20.4 Å². The van der Waals surface area contributed by atoms with Crippen molar-refractivity contribution in [2.24, 2.45) is 0 Å². The smallest absolute Gasteiger partial charge is 0.390 e. The summed E-state index contributed by atoms with van der Waals surface area (Å²) in [6, 6.07) is 8.68. The maximum Gasteiger partial charge on any atom is 0.453 e. The Morgan fingerprint density at radius 1 is 1.24 bits per heavy atom. The van der Waals surface area contributed by atoms with Gasteiger partial charge >= 0.3 is 6.18 Å². The van der Waals surface area contributed by atoms with Crippen LogP contribution in [0.4, 0.5) is 19.0 Å². The van der Waals surface area contributed by atoms with Gasteiger partial charge in [0.2, 0.25) is 0 Å². The van der Waals surface area contributed by atoms with Gasteiger partial charge in [0.05, 0.1) is 12.1 Å². The monoisotopic (exact) mass is 349 g/mol. The Balaban J connectivity index is 1.78. The van der Waals surface area contributed by atoms with E-state index in [1.807, 2.05) is 24.3 Å². The van der Waals surface area contributed by atoms with E-state index in [9.17, 15) is 18.3 Å². The summed E-state index contributed by atoms with van der Waals surface area (Å²) in [7, 11) is 0. The predicted octanol–water partition coefficient (Wildman–Crippen LogP) is 2.52. The lowest BCUT2D eigenvalue weighted by Crippen LogP contribution is -2.22. The van der Waals surface area contributed by atoms with Crippen LogP contribution >= 0.6 is 0 Å². The summed E-state index contributed by atoms with van der Waals surface area (Å²) < 4.78 is 39.7. The fourth-order valence-corrected chi connectivity index (χ4v) is 3.12. The van der Waals surface area contributed by atoms with Crippen molar-refractivity contribution >= 4 is 11.6 Å². The summed E-state index contributed by atoms with van der Waals surface area (Å²) in [5, 5.41) is 17.0. The molecule has 1 aromatic carbocycles. The highest BCUT2D eigenvalue weighted by Crippen LogP contribution is 2.34. The SMILES string of the molecule is Cc1cc(N[C@H]2c3ccccc3C[C@H]2O)n2nc(C(F)(F)F)nc2n1. The first-order valence-electron chi connectivity index (χ1n) is 7.67. The molecule has 2 aromatic heterocycles. The normalized spacial score (nSPS) is 20.0. The van der Waals surface area contributed by atoms with Crippen molar-refractivity contribution in [2.75, 3.05) is 5.32 Å². The van der Waals surface area contributed by atoms with Crippen LogP contribution in [0.3, 0.4) is 0 Å². The summed E-state index contributed by atoms with van der Waals surface area (Å²) >= 11 is 0. The number of halogens is 3. The van der Waals surface area contributed by atoms with Gasteiger partial charge in [0, 0.05) is 18.2 Å².